The summed E-state index contributed by atoms with van der Waals surface area (Å²) in [6.45, 7) is 1.49. The van der Waals surface area contributed by atoms with E-state index in [9.17, 15) is 27.2 Å². The molecule has 0 aliphatic carbocycles. The molecule has 3 N–H and O–H groups in total. The zero-order chi connectivity index (χ0) is 23.6. The van der Waals surface area contributed by atoms with Gasteiger partial charge in [0.05, 0.1) is 16.1 Å². The molecule has 0 aromatic heterocycles. The molecule has 2 amide bonds. The highest BCUT2D eigenvalue weighted by molar-refractivity contribution is 6.32. The number of carbonyl (C=O) groups excluding carboxylic acids is 2. The summed E-state index contributed by atoms with van der Waals surface area (Å²) in [7, 11) is 0. The fourth-order valence-electron chi connectivity index (χ4n) is 2.83. The Morgan fingerprint density at radius 1 is 1.03 bits per heavy atom. The third kappa shape index (κ3) is 5.17. The summed E-state index contributed by atoms with van der Waals surface area (Å²) in [5, 5.41) is 1.75. The lowest BCUT2D eigenvalue weighted by atomic mass is 10.1. The van der Waals surface area contributed by atoms with Crippen molar-refractivity contribution in [2.24, 2.45) is 5.73 Å². The number of carbonyl (C=O) groups is 2. The van der Waals surface area contributed by atoms with Crippen molar-refractivity contribution in [2.75, 3.05) is 5.32 Å². The number of ether oxygens (including phenoxy) is 1. The van der Waals surface area contributed by atoms with Gasteiger partial charge in [-0.1, -0.05) is 17.7 Å². The number of hydrogen-bond acceptors (Lipinski definition) is 3. The Kier molecular flexibility index (Phi) is 6.40. The SMILES string of the molecule is Cc1cc(F)ccc1Oc1cc(C(F)(F)F)c(Cl)cc1C(=O)Nc1cccc(C(N)=O)c1. The maximum atomic E-state index is 13.4. The van der Waals surface area contributed by atoms with Crippen LogP contribution in [0.4, 0.5) is 23.2 Å². The van der Waals surface area contributed by atoms with Gasteiger partial charge in [0, 0.05) is 11.3 Å². The van der Waals surface area contributed by atoms with Crippen molar-refractivity contribution < 1.29 is 31.9 Å². The maximum absolute atomic E-state index is 13.4. The highest BCUT2D eigenvalue weighted by atomic mass is 35.5. The Morgan fingerprint density at radius 3 is 2.38 bits per heavy atom. The molecule has 3 aromatic carbocycles. The molecule has 166 valence electrons. The van der Waals surface area contributed by atoms with E-state index in [0.717, 1.165) is 18.2 Å². The predicted molar refractivity (Wildman–Crippen MR) is 111 cm³/mol. The standard InChI is InChI=1S/C22H15ClF4N2O3/c1-11-7-13(24)5-6-18(11)32-19-10-16(22(25,26)27)17(23)9-15(19)21(31)29-14-4-2-3-12(8-14)20(28)30/h2-10H,1H3,(H2,28,30)(H,29,31). The molecule has 0 atom stereocenters. The fraction of sp³-hybridized carbons (Fsp3) is 0.0909. The van der Waals surface area contributed by atoms with Crippen molar-refractivity contribution >= 4 is 29.1 Å². The first kappa shape index (κ1) is 23.1. The molecule has 0 bridgehead atoms. The van der Waals surface area contributed by atoms with Gasteiger partial charge >= 0.3 is 6.18 Å². The third-order valence-corrected chi connectivity index (χ3v) is 4.69. The van der Waals surface area contributed by atoms with Crippen molar-refractivity contribution in [3.63, 3.8) is 0 Å². The predicted octanol–water partition coefficient (Wildman–Crippen LogP) is 5.95. The lowest BCUT2D eigenvalue weighted by Gasteiger charge is -2.17. The van der Waals surface area contributed by atoms with Gasteiger partial charge in [0.15, 0.2) is 0 Å². The molecule has 0 radical (unpaired) electrons. The number of primary amides is 1. The van der Waals surface area contributed by atoms with Crippen molar-refractivity contribution in [1.29, 1.82) is 0 Å². The lowest BCUT2D eigenvalue weighted by molar-refractivity contribution is -0.137. The van der Waals surface area contributed by atoms with Crippen LogP contribution in [0.15, 0.2) is 54.6 Å². The number of rotatable bonds is 5. The molecule has 10 heteroatoms. The summed E-state index contributed by atoms with van der Waals surface area (Å²) < 4.78 is 59.0. The van der Waals surface area contributed by atoms with E-state index in [2.05, 4.69) is 5.32 Å². The number of benzene rings is 3. The molecule has 0 saturated carbocycles. The van der Waals surface area contributed by atoms with Crippen LogP contribution in [0.2, 0.25) is 5.02 Å². The Labute approximate surface area is 184 Å². The number of anilines is 1. The maximum Gasteiger partial charge on any atom is 0.417 e. The van der Waals surface area contributed by atoms with Gasteiger partial charge in [0.1, 0.15) is 17.3 Å². The molecule has 0 spiro atoms. The van der Waals surface area contributed by atoms with Crippen LogP contribution in [0.25, 0.3) is 0 Å². The van der Waals surface area contributed by atoms with E-state index < -0.39 is 40.1 Å². The Morgan fingerprint density at radius 2 is 1.75 bits per heavy atom. The number of amides is 2. The second-order valence-corrected chi connectivity index (χ2v) is 7.14. The minimum atomic E-state index is -4.81. The van der Waals surface area contributed by atoms with Gasteiger partial charge in [0.25, 0.3) is 5.91 Å². The largest absolute Gasteiger partial charge is 0.456 e. The van der Waals surface area contributed by atoms with Crippen LogP contribution in [0.1, 0.15) is 31.8 Å². The number of halogens is 5. The van der Waals surface area contributed by atoms with Crippen molar-refractivity contribution in [1.82, 2.24) is 0 Å². The zero-order valence-corrected chi connectivity index (χ0v) is 17.1. The first-order valence-electron chi connectivity index (χ1n) is 9.01. The number of alkyl halides is 3. The average Bonchev–Trinajstić information content (AvgIpc) is 2.70. The van der Waals surface area contributed by atoms with E-state index >= 15 is 0 Å². The number of aryl methyl sites for hydroxylation is 1. The molecule has 32 heavy (non-hydrogen) atoms. The van der Waals surface area contributed by atoms with Crippen molar-refractivity contribution in [3.8, 4) is 11.5 Å². The van der Waals surface area contributed by atoms with Crippen LogP contribution in [0, 0.1) is 12.7 Å². The summed E-state index contributed by atoms with van der Waals surface area (Å²) in [4.78, 5) is 24.2. The average molecular weight is 467 g/mol. The molecule has 0 aliphatic heterocycles. The van der Waals surface area contributed by atoms with Gasteiger partial charge in [-0.05, 0) is 61.0 Å². The van der Waals surface area contributed by atoms with E-state index in [1.807, 2.05) is 0 Å². The molecular weight excluding hydrogens is 452 g/mol. The fourth-order valence-corrected chi connectivity index (χ4v) is 3.10. The normalized spacial score (nSPS) is 11.2. The Bertz CT molecular complexity index is 1210. The van der Waals surface area contributed by atoms with E-state index in [-0.39, 0.29) is 22.6 Å². The molecule has 0 aliphatic rings. The van der Waals surface area contributed by atoms with Gasteiger partial charge in [-0.25, -0.2) is 4.39 Å². The molecule has 0 unspecified atom stereocenters. The molecule has 3 aromatic rings. The molecule has 0 heterocycles. The summed E-state index contributed by atoms with van der Waals surface area (Å²) in [5.74, 6) is -2.53. The van der Waals surface area contributed by atoms with Crippen LogP contribution in [-0.2, 0) is 6.18 Å². The molecular formula is C22H15ClF4N2O3. The zero-order valence-electron chi connectivity index (χ0n) is 16.4. The van der Waals surface area contributed by atoms with Gasteiger partial charge in [-0.15, -0.1) is 0 Å². The quantitative estimate of drug-likeness (QED) is 0.456. The monoisotopic (exact) mass is 466 g/mol. The second kappa shape index (κ2) is 8.88. The van der Waals surface area contributed by atoms with Crippen LogP contribution in [-0.4, -0.2) is 11.8 Å². The first-order valence-corrected chi connectivity index (χ1v) is 9.39. The van der Waals surface area contributed by atoms with Gasteiger partial charge in [-0.3, -0.25) is 9.59 Å². The van der Waals surface area contributed by atoms with Crippen molar-refractivity contribution in [3.05, 3.63) is 87.7 Å². The van der Waals surface area contributed by atoms with Crippen LogP contribution >= 0.6 is 11.6 Å². The van der Waals surface area contributed by atoms with Crippen LogP contribution < -0.4 is 15.8 Å². The number of nitrogens with one attached hydrogen (secondary N) is 1. The smallest absolute Gasteiger partial charge is 0.417 e. The number of hydrogen-bond donors (Lipinski definition) is 2. The Balaban J connectivity index is 2.05. The minimum Gasteiger partial charge on any atom is -0.456 e. The van der Waals surface area contributed by atoms with E-state index in [1.165, 1.54) is 37.3 Å². The van der Waals surface area contributed by atoms with E-state index in [4.69, 9.17) is 22.1 Å². The second-order valence-electron chi connectivity index (χ2n) is 6.74. The van der Waals surface area contributed by atoms with Gasteiger partial charge in [0.2, 0.25) is 5.91 Å². The van der Waals surface area contributed by atoms with Gasteiger partial charge < -0.3 is 15.8 Å². The van der Waals surface area contributed by atoms with Gasteiger partial charge in [-0.2, -0.15) is 13.2 Å². The van der Waals surface area contributed by atoms with Crippen LogP contribution in [0.5, 0.6) is 11.5 Å². The topological polar surface area (TPSA) is 81.4 Å². The highest BCUT2D eigenvalue weighted by Gasteiger charge is 2.35. The molecule has 3 rings (SSSR count). The highest BCUT2D eigenvalue weighted by Crippen LogP contribution is 2.40. The minimum absolute atomic E-state index is 0.0478. The lowest BCUT2D eigenvalue weighted by Crippen LogP contribution is -2.16. The van der Waals surface area contributed by atoms with Crippen LogP contribution in [0.3, 0.4) is 0 Å². The Hall–Kier alpha value is -3.59. The molecule has 0 fully saturated rings. The summed E-state index contributed by atoms with van der Waals surface area (Å²) in [5.41, 5.74) is 4.29. The first-order chi connectivity index (χ1) is 15.0. The summed E-state index contributed by atoms with van der Waals surface area (Å²) in [6.07, 6.45) is -4.81. The summed E-state index contributed by atoms with van der Waals surface area (Å²) >= 11 is 5.79. The van der Waals surface area contributed by atoms with Crippen molar-refractivity contribution in [2.45, 2.75) is 13.1 Å². The molecule has 0 saturated heterocycles. The third-order valence-electron chi connectivity index (χ3n) is 4.38. The number of nitrogens with two attached hydrogens (primary N) is 1. The molecule has 5 nitrogen and oxygen atoms in total. The summed E-state index contributed by atoms with van der Waals surface area (Å²) in [6, 6.07) is 10.5. The van der Waals surface area contributed by atoms with E-state index in [0.29, 0.717) is 11.6 Å². The van der Waals surface area contributed by atoms with E-state index in [1.54, 1.807) is 0 Å².